The Morgan fingerprint density at radius 1 is 1.04 bits per heavy atom. The van der Waals surface area contributed by atoms with E-state index in [1.807, 2.05) is 31.3 Å². The minimum absolute atomic E-state index is 0.450. The fourth-order valence-corrected chi connectivity index (χ4v) is 2.96. The Bertz CT molecular complexity index is 667. The van der Waals surface area contributed by atoms with Gasteiger partial charge in [0.05, 0.1) is 10.0 Å². The van der Waals surface area contributed by atoms with Gasteiger partial charge >= 0.3 is 0 Å². The van der Waals surface area contributed by atoms with Crippen molar-refractivity contribution in [3.8, 4) is 5.75 Å². The van der Waals surface area contributed by atoms with Crippen LogP contribution in [-0.4, -0.2) is 20.1 Å². The molecule has 0 saturated carbocycles. The molecule has 0 bridgehead atoms. The number of benzene rings is 2. The maximum absolute atomic E-state index is 6.05. The standard InChI is InChI=1S/C18H21BrCl2N2O/c1-22-7-2-8-23-11-14-10-15(19)4-6-18(14)24-12-13-3-5-16(20)17(21)9-13/h3-6,9-10,22-23H,2,7-8,11-12H2,1H3. The summed E-state index contributed by atoms with van der Waals surface area (Å²) in [5.41, 5.74) is 2.11. The molecular formula is C18H21BrCl2N2O. The molecule has 0 aromatic heterocycles. The van der Waals surface area contributed by atoms with Crippen LogP contribution >= 0.6 is 39.1 Å². The first-order chi connectivity index (χ1) is 11.6. The van der Waals surface area contributed by atoms with Gasteiger partial charge in [-0.15, -0.1) is 0 Å². The van der Waals surface area contributed by atoms with Gasteiger partial charge in [-0.3, -0.25) is 0 Å². The van der Waals surface area contributed by atoms with E-state index in [0.717, 1.165) is 47.4 Å². The Labute approximate surface area is 161 Å². The van der Waals surface area contributed by atoms with Gasteiger partial charge < -0.3 is 15.4 Å². The van der Waals surface area contributed by atoms with Gasteiger partial charge in [0.15, 0.2) is 0 Å². The monoisotopic (exact) mass is 430 g/mol. The highest BCUT2D eigenvalue weighted by Crippen LogP contribution is 2.26. The SMILES string of the molecule is CNCCCNCc1cc(Br)ccc1OCc1ccc(Cl)c(Cl)c1. The van der Waals surface area contributed by atoms with E-state index in [4.69, 9.17) is 27.9 Å². The summed E-state index contributed by atoms with van der Waals surface area (Å²) in [4.78, 5) is 0. The predicted octanol–water partition coefficient (Wildman–Crippen LogP) is 5.03. The minimum atomic E-state index is 0.450. The summed E-state index contributed by atoms with van der Waals surface area (Å²) >= 11 is 15.5. The second-order valence-corrected chi connectivity index (χ2v) is 7.15. The van der Waals surface area contributed by atoms with E-state index >= 15 is 0 Å². The van der Waals surface area contributed by atoms with Crippen molar-refractivity contribution in [2.24, 2.45) is 0 Å². The van der Waals surface area contributed by atoms with Crippen molar-refractivity contribution >= 4 is 39.1 Å². The van der Waals surface area contributed by atoms with Crippen LogP contribution in [0.4, 0.5) is 0 Å². The lowest BCUT2D eigenvalue weighted by molar-refractivity contribution is 0.302. The van der Waals surface area contributed by atoms with Gasteiger partial charge in [-0.1, -0.05) is 45.2 Å². The molecule has 0 aliphatic rings. The average Bonchev–Trinajstić information content (AvgIpc) is 2.57. The molecule has 6 heteroatoms. The van der Waals surface area contributed by atoms with E-state index in [9.17, 15) is 0 Å². The van der Waals surface area contributed by atoms with Crippen molar-refractivity contribution in [2.45, 2.75) is 19.6 Å². The van der Waals surface area contributed by atoms with Gasteiger partial charge in [-0.25, -0.2) is 0 Å². The smallest absolute Gasteiger partial charge is 0.124 e. The Kier molecular flexibility index (Phi) is 8.36. The molecule has 0 heterocycles. The topological polar surface area (TPSA) is 33.3 Å². The summed E-state index contributed by atoms with van der Waals surface area (Å²) in [7, 11) is 1.96. The lowest BCUT2D eigenvalue weighted by Gasteiger charge is -2.13. The third kappa shape index (κ3) is 6.26. The van der Waals surface area contributed by atoms with Gasteiger partial charge in [-0.2, -0.15) is 0 Å². The van der Waals surface area contributed by atoms with Crippen LogP contribution in [0.1, 0.15) is 17.5 Å². The molecule has 0 atom stereocenters. The lowest BCUT2D eigenvalue weighted by atomic mass is 10.2. The fraction of sp³-hybridized carbons (Fsp3) is 0.333. The third-order valence-electron chi connectivity index (χ3n) is 3.50. The summed E-state index contributed by atoms with van der Waals surface area (Å²) in [6, 6.07) is 11.6. The molecule has 0 unspecified atom stereocenters. The largest absolute Gasteiger partial charge is 0.489 e. The predicted molar refractivity (Wildman–Crippen MR) is 105 cm³/mol. The summed E-state index contributed by atoms with van der Waals surface area (Å²) in [5.74, 6) is 0.866. The maximum Gasteiger partial charge on any atom is 0.124 e. The van der Waals surface area contributed by atoms with Crippen LogP contribution in [0.5, 0.6) is 5.75 Å². The van der Waals surface area contributed by atoms with Crippen molar-refractivity contribution in [1.82, 2.24) is 10.6 Å². The Hall–Kier alpha value is -0.780. The first kappa shape index (κ1) is 19.5. The Balaban J connectivity index is 1.97. The zero-order valence-corrected chi connectivity index (χ0v) is 16.6. The molecule has 0 amide bonds. The average molecular weight is 432 g/mol. The van der Waals surface area contributed by atoms with Crippen molar-refractivity contribution < 1.29 is 4.74 Å². The Morgan fingerprint density at radius 2 is 1.88 bits per heavy atom. The molecule has 3 nitrogen and oxygen atoms in total. The van der Waals surface area contributed by atoms with Crippen LogP contribution in [-0.2, 0) is 13.2 Å². The van der Waals surface area contributed by atoms with Crippen molar-refractivity contribution in [3.63, 3.8) is 0 Å². The van der Waals surface area contributed by atoms with E-state index in [0.29, 0.717) is 16.7 Å². The summed E-state index contributed by atoms with van der Waals surface area (Å²) in [6.07, 6.45) is 1.09. The molecule has 0 fully saturated rings. The van der Waals surface area contributed by atoms with Gasteiger partial charge in [0.2, 0.25) is 0 Å². The lowest BCUT2D eigenvalue weighted by Crippen LogP contribution is -2.19. The quantitative estimate of drug-likeness (QED) is 0.546. The molecule has 0 aliphatic carbocycles. The number of hydrogen-bond donors (Lipinski definition) is 2. The van der Waals surface area contributed by atoms with E-state index < -0.39 is 0 Å². The van der Waals surface area contributed by atoms with Crippen LogP contribution < -0.4 is 15.4 Å². The zero-order chi connectivity index (χ0) is 17.4. The van der Waals surface area contributed by atoms with E-state index in [1.54, 1.807) is 6.07 Å². The summed E-state index contributed by atoms with van der Waals surface area (Å²) < 4.78 is 7.01. The van der Waals surface area contributed by atoms with Gasteiger partial charge in [0.1, 0.15) is 12.4 Å². The Morgan fingerprint density at radius 3 is 2.62 bits per heavy atom. The number of nitrogens with one attached hydrogen (secondary N) is 2. The molecule has 0 radical (unpaired) electrons. The summed E-state index contributed by atoms with van der Waals surface area (Å²) in [6.45, 7) is 3.18. The van der Waals surface area contributed by atoms with Crippen molar-refractivity contribution in [2.75, 3.05) is 20.1 Å². The highest BCUT2D eigenvalue weighted by molar-refractivity contribution is 9.10. The fourth-order valence-electron chi connectivity index (χ4n) is 2.23. The van der Waals surface area contributed by atoms with E-state index in [-0.39, 0.29) is 0 Å². The molecule has 2 N–H and O–H groups in total. The number of halogens is 3. The van der Waals surface area contributed by atoms with Crippen LogP contribution in [0, 0.1) is 0 Å². The van der Waals surface area contributed by atoms with Crippen LogP contribution in [0.15, 0.2) is 40.9 Å². The molecular weight excluding hydrogens is 411 g/mol. The summed E-state index contributed by atoms with van der Waals surface area (Å²) in [5, 5.41) is 7.67. The van der Waals surface area contributed by atoms with E-state index in [2.05, 4.69) is 32.6 Å². The molecule has 0 spiro atoms. The molecule has 0 aliphatic heterocycles. The van der Waals surface area contributed by atoms with E-state index in [1.165, 1.54) is 0 Å². The first-order valence-electron chi connectivity index (χ1n) is 7.80. The second-order valence-electron chi connectivity index (χ2n) is 5.42. The first-order valence-corrected chi connectivity index (χ1v) is 9.35. The third-order valence-corrected chi connectivity index (χ3v) is 4.73. The van der Waals surface area contributed by atoms with Crippen molar-refractivity contribution in [3.05, 3.63) is 62.0 Å². The second kappa shape index (κ2) is 10.3. The zero-order valence-electron chi connectivity index (χ0n) is 13.5. The number of rotatable bonds is 9. The van der Waals surface area contributed by atoms with Gasteiger partial charge in [0.25, 0.3) is 0 Å². The number of ether oxygens (including phenoxy) is 1. The maximum atomic E-state index is 6.05. The van der Waals surface area contributed by atoms with Crippen LogP contribution in [0.25, 0.3) is 0 Å². The molecule has 2 rings (SSSR count). The van der Waals surface area contributed by atoms with Crippen LogP contribution in [0.2, 0.25) is 10.0 Å². The molecule has 2 aromatic rings. The molecule has 130 valence electrons. The molecule has 24 heavy (non-hydrogen) atoms. The normalized spacial score (nSPS) is 10.8. The number of hydrogen-bond acceptors (Lipinski definition) is 3. The molecule has 0 saturated heterocycles. The minimum Gasteiger partial charge on any atom is -0.489 e. The molecule has 2 aromatic carbocycles. The van der Waals surface area contributed by atoms with Gasteiger partial charge in [-0.05, 0) is 62.5 Å². The van der Waals surface area contributed by atoms with Crippen molar-refractivity contribution in [1.29, 1.82) is 0 Å². The highest BCUT2D eigenvalue weighted by atomic mass is 79.9. The van der Waals surface area contributed by atoms with Gasteiger partial charge in [0, 0.05) is 16.6 Å². The van der Waals surface area contributed by atoms with Crippen LogP contribution in [0.3, 0.4) is 0 Å². The highest BCUT2D eigenvalue weighted by Gasteiger charge is 2.06.